The molecular formula is C14H18ClN3S. The Morgan fingerprint density at radius 1 is 1.37 bits per heavy atom. The van der Waals surface area contributed by atoms with Gasteiger partial charge in [0.1, 0.15) is 0 Å². The maximum absolute atomic E-state index is 5.83. The summed E-state index contributed by atoms with van der Waals surface area (Å²) in [6, 6.07) is 6.65. The summed E-state index contributed by atoms with van der Waals surface area (Å²) in [6.07, 6.45) is 1.81. The first-order valence-corrected chi connectivity index (χ1v) is 7.46. The molecule has 2 rings (SSSR count). The Balaban J connectivity index is 2.13. The van der Waals surface area contributed by atoms with Gasteiger partial charge < -0.3 is 10.6 Å². The second kappa shape index (κ2) is 6.26. The fourth-order valence-corrected chi connectivity index (χ4v) is 2.76. The first kappa shape index (κ1) is 14.2. The number of rotatable bonds is 5. The van der Waals surface area contributed by atoms with Crippen molar-refractivity contribution in [2.75, 3.05) is 10.6 Å². The Bertz CT molecular complexity index is 551. The van der Waals surface area contributed by atoms with Gasteiger partial charge in [0.2, 0.25) is 0 Å². The van der Waals surface area contributed by atoms with Crippen molar-refractivity contribution in [3.8, 4) is 0 Å². The van der Waals surface area contributed by atoms with Gasteiger partial charge in [-0.2, -0.15) is 0 Å². The summed E-state index contributed by atoms with van der Waals surface area (Å²) in [4.78, 5) is 5.17. The molecule has 0 amide bonds. The SMILES string of the molecule is Cc1cccc(NCc2cnc(Cl)s2)c1NC(C)C. The predicted molar refractivity (Wildman–Crippen MR) is 84.4 cm³/mol. The molecule has 19 heavy (non-hydrogen) atoms. The van der Waals surface area contributed by atoms with Crippen LogP contribution in [0.25, 0.3) is 0 Å². The normalized spacial score (nSPS) is 10.8. The van der Waals surface area contributed by atoms with Crippen LogP contribution in [-0.4, -0.2) is 11.0 Å². The molecule has 2 N–H and O–H groups in total. The number of nitrogens with zero attached hydrogens (tertiary/aromatic N) is 1. The third-order valence-corrected chi connectivity index (χ3v) is 3.80. The molecule has 102 valence electrons. The molecule has 3 nitrogen and oxygen atoms in total. The number of benzene rings is 1. The first-order valence-electron chi connectivity index (χ1n) is 6.26. The zero-order valence-corrected chi connectivity index (χ0v) is 12.9. The molecule has 2 aromatic rings. The second-order valence-electron chi connectivity index (χ2n) is 4.73. The molecule has 1 aromatic heterocycles. The van der Waals surface area contributed by atoms with E-state index in [1.807, 2.05) is 6.20 Å². The largest absolute Gasteiger partial charge is 0.381 e. The van der Waals surface area contributed by atoms with Crippen molar-refractivity contribution >= 4 is 34.3 Å². The summed E-state index contributed by atoms with van der Waals surface area (Å²) in [5, 5.41) is 6.92. The molecule has 5 heteroatoms. The van der Waals surface area contributed by atoms with E-state index in [-0.39, 0.29) is 0 Å². The molecule has 0 unspecified atom stereocenters. The maximum atomic E-state index is 5.83. The molecule has 1 heterocycles. The Morgan fingerprint density at radius 3 is 2.79 bits per heavy atom. The smallest absolute Gasteiger partial charge is 0.183 e. The summed E-state index contributed by atoms with van der Waals surface area (Å²) in [5.74, 6) is 0. The van der Waals surface area contributed by atoms with Crippen molar-refractivity contribution in [3.05, 3.63) is 39.3 Å². The van der Waals surface area contributed by atoms with Crippen molar-refractivity contribution in [1.29, 1.82) is 0 Å². The Kier molecular flexibility index (Phi) is 4.66. The van der Waals surface area contributed by atoms with E-state index in [2.05, 4.69) is 54.6 Å². The summed E-state index contributed by atoms with van der Waals surface area (Å²) in [6.45, 7) is 7.12. The highest BCUT2D eigenvalue weighted by atomic mass is 35.5. The summed E-state index contributed by atoms with van der Waals surface area (Å²) in [7, 11) is 0. The van der Waals surface area contributed by atoms with Crippen LogP contribution in [-0.2, 0) is 6.54 Å². The van der Waals surface area contributed by atoms with Crippen LogP contribution in [0.15, 0.2) is 24.4 Å². The molecule has 0 atom stereocenters. The lowest BCUT2D eigenvalue weighted by Crippen LogP contribution is -2.13. The maximum Gasteiger partial charge on any atom is 0.183 e. The highest BCUT2D eigenvalue weighted by Gasteiger charge is 2.07. The van der Waals surface area contributed by atoms with E-state index in [0.717, 1.165) is 22.8 Å². The van der Waals surface area contributed by atoms with E-state index in [1.54, 1.807) is 0 Å². The van der Waals surface area contributed by atoms with Crippen molar-refractivity contribution in [1.82, 2.24) is 4.98 Å². The van der Waals surface area contributed by atoms with Gasteiger partial charge in [0.05, 0.1) is 17.9 Å². The van der Waals surface area contributed by atoms with Gasteiger partial charge in [0.25, 0.3) is 0 Å². The molecule has 0 fully saturated rings. The lowest BCUT2D eigenvalue weighted by Gasteiger charge is -2.18. The van der Waals surface area contributed by atoms with Crippen molar-refractivity contribution in [3.63, 3.8) is 0 Å². The Hall–Kier alpha value is -1.26. The van der Waals surface area contributed by atoms with Crippen LogP contribution in [0.5, 0.6) is 0 Å². The van der Waals surface area contributed by atoms with Crippen LogP contribution in [0.2, 0.25) is 4.47 Å². The molecule has 0 saturated heterocycles. The van der Waals surface area contributed by atoms with E-state index in [0.29, 0.717) is 10.5 Å². The van der Waals surface area contributed by atoms with Crippen LogP contribution in [0, 0.1) is 6.92 Å². The third kappa shape index (κ3) is 3.85. The molecule has 0 radical (unpaired) electrons. The average molecular weight is 296 g/mol. The number of hydrogen-bond donors (Lipinski definition) is 2. The van der Waals surface area contributed by atoms with E-state index in [1.165, 1.54) is 16.9 Å². The van der Waals surface area contributed by atoms with E-state index < -0.39 is 0 Å². The standard InChI is InChI=1S/C14H18ClN3S/c1-9(2)18-13-10(3)5-4-6-12(13)16-7-11-8-17-14(15)19-11/h4-6,8-9,16,18H,7H2,1-3H3. The molecule has 0 aliphatic carbocycles. The van der Waals surface area contributed by atoms with Gasteiger partial charge in [-0.1, -0.05) is 23.7 Å². The lowest BCUT2D eigenvalue weighted by molar-refractivity contribution is 0.897. The number of aryl methyl sites for hydroxylation is 1. The summed E-state index contributed by atoms with van der Waals surface area (Å²) >= 11 is 7.34. The van der Waals surface area contributed by atoms with Gasteiger partial charge in [0.15, 0.2) is 4.47 Å². The van der Waals surface area contributed by atoms with Crippen molar-refractivity contribution in [2.45, 2.75) is 33.4 Å². The van der Waals surface area contributed by atoms with Gasteiger partial charge >= 0.3 is 0 Å². The number of aromatic nitrogens is 1. The van der Waals surface area contributed by atoms with Crippen molar-refractivity contribution < 1.29 is 0 Å². The molecule has 0 bridgehead atoms. The minimum absolute atomic E-state index is 0.402. The van der Waals surface area contributed by atoms with Gasteiger partial charge in [-0.05, 0) is 32.4 Å². The zero-order chi connectivity index (χ0) is 13.8. The molecular weight excluding hydrogens is 278 g/mol. The molecule has 1 aromatic carbocycles. The number of anilines is 2. The number of hydrogen-bond acceptors (Lipinski definition) is 4. The highest BCUT2D eigenvalue weighted by Crippen LogP contribution is 2.27. The van der Waals surface area contributed by atoms with Crippen LogP contribution in [0.4, 0.5) is 11.4 Å². The van der Waals surface area contributed by atoms with Crippen molar-refractivity contribution in [2.24, 2.45) is 0 Å². The fourth-order valence-electron chi connectivity index (χ4n) is 1.84. The average Bonchev–Trinajstić information content (AvgIpc) is 2.75. The highest BCUT2D eigenvalue weighted by molar-refractivity contribution is 7.15. The molecule has 0 saturated carbocycles. The van der Waals surface area contributed by atoms with Crippen LogP contribution < -0.4 is 10.6 Å². The Morgan fingerprint density at radius 2 is 2.16 bits per heavy atom. The third-order valence-electron chi connectivity index (χ3n) is 2.68. The van der Waals surface area contributed by atoms with Crippen LogP contribution in [0.3, 0.4) is 0 Å². The van der Waals surface area contributed by atoms with Gasteiger partial charge in [-0.3, -0.25) is 0 Å². The molecule has 0 aliphatic heterocycles. The number of nitrogens with one attached hydrogen (secondary N) is 2. The van der Waals surface area contributed by atoms with Gasteiger partial charge in [-0.15, -0.1) is 11.3 Å². The van der Waals surface area contributed by atoms with Gasteiger partial charge in [0, 0.05) is 17.1 Å². The molecule has 0 spiro atoms. The van der Waals surface area contributed by atoms with E-state index in [9.17, 15) is 0 Å². The van der Waals surface area contributed by atoms with E-state index >= 15 is 0 Å². The topological polar surface area (TPSA) is 37.0 Å². The van der Waals surface area contributed by atoms with Crippen LogP contribution >= 0.6 is 22.9 Å². The predicted octanol–water partition coefficient (Wildman–Crippen LogP) is 4.54. The summed E-state index contributed by atoms with van der Waals surface area (Å²) < 4.78 is 0.585. The Labute approximate surface area is 123 Å². The van der Waals surface area contributed by atoms with Crippen LogP contribution in [0.1, 0.15) is 24.3 Å². The fraction of sp³-hybridized carbons (Fsp3) is 0.357. The number of thiazole rings is 1. The quantitative estimate of drug-likeness (QED) is 0.850. The zero-order valence-electron chi connectivity index (χ0n) is 11.3. The molecule has 0 aliphatic rings. The monoisotopic (exact) mass is 295 g/mol. The lowest BCUT2D eigenvalue weighted by atomic mass is 10.1. The first-order chi connectivity index (χ1) is 9.06. The summed E-state index contributed by atoms with van der Waals surface area (Å²) in [5.41, 5.74) is 3.51. The van der Waals surface area contributed by atoms with Gasteiger partial charge in [-0.25, -0.2) is 4.98 Å². The minimum Gasteiger partial charge on any atom is -0.381 e. The number of halogens is 1. The minimum atomic E-state index is 0.402. The second-order valence-corrected chi connectivity index (χ2v) is 6.43. The van der Waals surface area contributed by atoms with E-state index in [4.69, 9.17) is 11.6 Å². The number of para-hydroxylation sites is 1.